The summed E-state index contributed by atoms with van der Waals surface area (Å²) in [5.41, 5.74) is 1.08. The summed E-state index contributed by atoms with van der Waals surface area (Å²) in [4.78, 5) is 29.3. The molecule has 0 saturated heterocycles. The maximum Gasteiger partial charge on any atom is 0.287 e. The lowest BCUT2D eigenvalue weighted by Gasteiger charge is -2.17. The third-order valence-corrected chi connectivity index (χ3v) is 3.83. The van der Waals surface area contributed by atoms with Crippen molar-refractivity contribution in [3.63, 3.8) is 0 Å². The summed E-state index contributed by atoms with van der Waals surface area (Å²) in [5.74, 6) is 0.597. The molecule has 8 nitrogen and oxygen atoms in total. The largest absolute Gasteiger partial charge is 0.360 e. The molecule has 2 aromatic rings. The fourth-order valence-electron chi connectivity index (χ4n) is 2.83. The van der Waals surface area contributed by atoms with Crippen LogP contribution in [0.4, 0.5) is 5.82 Å². The number of hydrogen-bond acceptors (Lipinski definition) is 5. The minimum Gasteiger partial charge on any atom is -0.360 e. The highest BCUT2D eigenvalue weighted by Gasteiger charge is 2.28. The van der Waals surface area contributed by atoms with Gasteiger partial charge in [-0.05, 0) is 40.0 Å². The van der Waals surface area contributed by atoms with Crippen LogP contribution in [0, 0.1) is 6.92 Å². The molecule has 24 heavy (non-hydrogen) atoms. The van der Waals surface area contributed by atoms with Crippen LogP contribution in [0.5, 0.6) is 0 Å². The lowest BCUT2D eigenvalue weighted by atomic mass is 10.1. The second kappa shape index (κ2) is 6.46. The third-order valence-electron chi connectivity index (χ3n) is 3.83. The number of nitrogens with one attached hydrogen (secondary N) is 2. The number of amides is 2. The first-order chi connectivity index (χ1) is 11.5. The van der Waals surface area contributed by atoms with E-state index in [0.29, 0.717) is 23.9 Å². The highest BCUT2D eigenvalue weighted by Crippen LogP contribution is 2.22. The van der Waals surface area contributed by atoms with Crippen LogP contribution in [-0.2, 0) is 13.0 Å². The van der Waals surface area contributed by atoms with Crippen LogP contribution >= 0.6 is 0 Å². The van der Waals surface area contributed by atoms with Crippen molar-refractivity contribution >= 4 is 17.6 Å². The van der Waals surface area contributed by atoms with Crippen molar-refractivity contribution in [3.8, 4) is 0 Å². The van der Waals surface area contributed by atoms with Crippen molar-refractivity contribution in [1.82, 2.24) is 20.0 Å². The van der Waals surface area contributed by atoms with Gasteiger partial charge in [0.05, 0.1) is 5.69 Å². The Kier molecular flexibility index (Phi) is 4.37. The van der Waals surface area contributed by atoms with E-state index < -0.39 is 0 Å². The van der Waals surface area contributed by atoms with Crippen LogP contribution in [0.3, 0.4) is 0 Å². The summed E-state index contributed by atoms with van der Waals surface area (Å²) in [6.45, 7) is 6.21. The van der Waals surface area contributed by atoms with Gasteiger partial charge >= 0.3 is 0 Å². The molecule has 0 fully saturated rings. The van der Waals surface area contributed by atoms with Gasteiger partial charge in [-0.1, -0.05) is 5.16 Å². The smallest absolute Gasteiger partial charge is 0.287 e. The molecule has 0 unspecified atom stereocenters. The molecule has 0 saturated carbocycles. The van der Waals surface area contributed by atoms with E-state index in [0.717, 1.165) is 25.0 Å². The Labute approximate surface area is 139 Å². The first-order valence-corrected chi connectivity index (χ1v) is 8.10. The van der Waals surface area contributed by atoms with Crippen molar-refractivity contribution in [2.45, 2.75) is 52.6 Å². The molecule has 8 heteroatoms. The number of carbonyl (C=O) groups excluding carboxylic acids is 2. The molecule has 3 rings (SSSR count). The summed E-state index contributed by atoms with van der Waals surface area (Å²) >= 11 is 0. The number of hydrogen-bond donors (Lipinski definition) is 2. The van der Waals surface area contributed by atoms with Crippen LogP contribution in [0.1, 0.15) is 59.3 Å². The highest BCUT2D eigenvalue weighted by molar-refractivity contribution is 6.04. The second-order valence-electron chi connectivity index (χ2n) is 6.24. The number of aromatic nitrogens is 3. The Morgan fingerprint density at radius 1 is 1.29 bits per heavy atom. The van der Waals surface area contributed by atoms with Gasteiger partial charge in [0.2, 0.25) is 0 Å². The van der Waals surface area contributed by atoms with E-state index in [-0.39, 0.29) is 23.6 Å². The first kappa shape index (κ1) is 16.2. The molecule has 1 aliphatic heterocycles. The fraction of sp³-hybridized carbons (Fsp3) is 0.500. The van der Waals surface area contributed by atoms with Gasteiger partial charge in [-0.2, -0.15) is 0 Å². The average Bonchev–Trinajstić information content (AvgIpc) is 3.10. The van der Waals surface area contributed by atoms with Crippen LogP contribution in [0.15, 0.2) is 10.6 Å². The molecule has 0 aliphatic carbocycles. The number of anilines is 1. The molecular formula is C16H21N5O3. The highest BCUT2D eigenvalue weighted by atomic mass is 16.5. The molecule has 0 atom stereocenters. The zero-order valence-electron chi connectivity index (χ0n) is 14.0. The summed E-state index contributed by atoms with van der Waals surface area (Å²) in [6.07, 6.45) is 2.66. The summed E-state index contributed by atoms with van der Waals surface area (Å²) in [6, 6.07) is 1.64. The van der Waals surface area contributed by atoms with Crippen molar-refractivity contribution in [2.75, 3.05) is 5.32 Å². The number of carbonyl (C=O) groups is 2. The van der Waals surface area contributed by atoms with Crippen molar-refractivity contribution in [1.29, 1.82) is 0 Å². The zero-order valence-corrected chi connectivity index (χ0v) is 14.0. The minimum absolute atomic E-state index is 0.00410. The molecule has 1 aliphatic rings. The van der Waals surface area contributed by atoms with Crippen LogP contribution in [0.25, 0.3) is 0 Å². The predicted molar refractivity (Wildman–Crippen MR) is 87.0 cm³/mol. The lowest BCUT2D eigenvalue weighted by Crippen LogP contribution is -2.33. The maximum atomic E-state index is 12.6. The Balaban J connectivity index is 1.91. The molecule has 0 bridgehead atoms. The van der Waals surface area contributed by atoms with Gasteiger partial charge in [-0.15, -0.1) is 0 Å². The molecule has 2 N–H and O–H groups in total. The lowest BCUT2D eigenvalue weighted by molar-refractivity contribution is 0.0927. The van der Waals surface area contributed by atoms with Gasteiger partial charge < -0.3 is 19.7 Å². The predicted octanol–water partition coefficient (Wildman–Crippen LogP) is 1.91. The average molecular weight is 331 g/mol. The maximum absolute atomic E-state index is 12.6. The topological polar surface area (TPSA) is 102 Å². The van der Waals surface area contributed by atoms with E-state index in [1.54, 1.807) is 13.0 Å². The van der Waals surface area contributed by atoms with Crippen molar-refractivity contribution in [3.05, 3.63) is 29.0 Å². The monoisotopic (exact) mass is 331 g/mol. The first-order valence-electron chi connectivity index (χ1n) is 8.10. The second-order valence-corrected chi connectivity index (χ2v) is 6.24. The molecule has 0 spiro atoms. The number of fused-ring (bicyclic) bond motifs is 1. The van der Waals surface area contributed by atoms with Gasteiger partial charge in [0.15, 0.2) is 17.3 Å². The SMILES string of the molecule is Cc1cc(NC(=O)c2nc(C(=O)NC(C)C)n3c2CCCC3)no1. The van der Waals surface area contributed by atoms with Gasteiger partial charge in [0.1, 0.15) is 5.76 Å². The normalized spacial score (nSPS) is 13.7. The summed E-state index contributed by atoms with van der Waals surface area (Å²) in [7, 11) is 0. The van der Waals surface area contributed by atoms with Crippen molar-refractivity contribution < 1.29 is 14.1 Å². The molecule has 0 aromatic carbocycles. The minimum atomic E-state index is -0.377. The summed E-state index contributed by atoms with van der Waals surface area (Å²) < 4.78 is 6.80. The van der Waals surface area contributed by atoms with Gasteiger partial charge in [0, 0.05) is 18.7 Å². The van der Waals surface area contributed by atoms with E-state index in [1.165, 1.54) is 0 Å². The molecule has 0 radical (unpaired) electrons. The Hall–Kier alpha value is -2.64. The van der Waals surface area contributed by atoms with E-state index in [2.05, 4.69) is 20.8 Å². The van der Waals surface area contributed by atoms with E-state index in [1.807, 2.05) is 18.4 Å². The van der Waals surface area contributed by atoms with Crippen LogP contribution in [-0.4, -0.2) is 32.6 Å². The molecule has 2 aromatic heterocycles. The van der Waals surface area contributed by atoms with Crippen LogP contribution < -0.4 is 10.6 Å². The Morgan fingerprint density at radius 3 is 2.75 bits per heavy atom. The fourth-order valence-corrected chi connectivity index (χ4v) is 2.83. The standard InChI is InChI=1S/C16H21N5O3/c1-9(2)17-16(23)14-19-13(11-6-4-5-7-21(11)14)15(22)18-12-8-10(3)24-20-12/h8-9H,4-7H2,1-3H3,(H,17,23)(H,18,20,22). The Bertz CT molecular complexity index is 775. The van der Waals surface area contributed by atoms with E-state index in [9.17, 15) is 9.59 Å². The zero-order chi connectivity index (χ0) is 17.3. The van der Waals surface area contributed by atoms with E-state index >= 15 is 0 Å². The van der Waals surface area contributed by atoms with Gasteiger partial charge in [-0.25, -0.2) is 4.98 Å². The van der Waals surface area contributed by atoms with Crippen LogP contribution in [0.2, 0.25) is 0 Å². The molecule has 3 heterocycles. The number of imidazole rings is 1. The third kappa shape index (κ3) is 3.17. The quantitative estimate of drug-likeness (QED) is 0.891. The molecule has 128 valence electrons. The molecular weight excluding hydrogens is 310 g/mol. The number of rotatable bonds is 4. The van der Waals surface area contributed by atoms with Crippen molar-refractivity contribution in [2.24, 2.45) is 0 Å². The summed E-state index contributed by atoms with van der Waals surface area (Å²) in [5, 5.41) is 9.26. The van der Waals surface area contributed by atoms with Gasteiger partial charge in [0.25, 0.3) is 11.8 Å². The van der Waals surface area contributed by atoms with E-state index in [4.69, 9.17) is 4.52 Å². The molecule has 2 amide bonds. The number of nitrogens with zero attached hydrogens (tertiary/aromatic N) is 3. The number of aryl methyl sites for hydroxylation is 1. The van der Waals surface area contributed by atoms with Gasteiger partial charge in [-0.3, -0.25) is 9.59 Å². The Morgan fingerprint density at radius 2 is 2.08 bits per heavy atom.